The van der Waals surface area contributed by atoms with E-state index in [0.717, 1.165) is 18.6 Å². The van der Waals surface area contributed by atoms with Crippen molar-refractivity contribution in [3.8, 4) is 0 Å². The second kappa shape index (κ2) is 3.91. The molecule has 3 nitrogen and oxygen atoms in total. The van der Waals surface area contributed by atoms with E-state index >= 15 is 0 Å². The van der Waals surface area contributed by atoms with Gasteiger partial charge in [-0.2, -0.15) is 0 Å². The van der Waals surface area contributed by atoms with Gasteiger partial charge in [0.1, 0.15) is 0 Å². The van der Waals surface area contributed by atoms with Crippen LogP contribution in [-0.4, -0.2) is 22.6 Å². The number of hydrogen-bond acceptors (Lipinski definition) is 2. The normalized spacial score (nSPS) is 26.1. The second-order valence-corrected chi connectivity index (χ2v) is 4.68. The molecule has 1 aliphatic rings. The van der Waals surface area contributed by atoms with Crippen molar-refractivity contribution in [2.24, 2.45) is 5.92 Å². The van der Waals surface area contributed by atoms with Gasteiger partial charge in [-0.15, -0.1) is 0 Å². The van der Waals surface area contributed by atoms with Crippen molar-refractivity contribution in [1.82, 2.24) is 14.9 Å². The molecule has 16 heavy (non-hydrogen) atoms. The van der Waals surface area contributed by atoms with Gasteiger partial charge in [0.2, 0.25) is 0 Å². The van der Waals surface area contributed by atoms with Crippen LogP contribution in [0.2, 0.25) is 0 Å². The Morgan fingerprint density at radius 2 is 2.25 bits per heavy atom. The minimum Gasteiger partial charge on any atom is -0.327 e. The van der Waals surface area contributed by atoms with Crippen molar-refractivity contribution in [3.63, 3.8) is 0 Å². The maximum Gasteiger partial charge on any atom is 0.0961 e. The molecule has 2 atom stereocenters. The summed E-state index contributed by atoms with van der Waals surface area (Å²) in [5.41, 5.74) is 2.37. The number of hydrogen-bond donors (Lipinski definition) is 1. The monoisotopic (exact) mass is 215 g/mol. The van der Waals surface area contributed by atoms with Crippen LogP contribution < -0.4 is 5.32 Å². The highest BCUT2D eigenvalue weighted by Gasteiger charge is 2.23. The topological polar surface area (TPSA) is 29.9 Å². The number of rotatable bonds is 1. The number of fused-ring (bicyclic) bond motifs is 1. The summed E-state index contributed by atoms with van der Waals surface area (Å²) in [4.78, 5) is 4.47. The highest BCUT2D eigenvalue weighted by Crippen LogP contribution is 2.27. The SMILES string of the molecule is CC1CNCCC1n1cnc2ccccc21. The van der Waals surface area contributed by atoms with E-state index in [4.69, 9.17) is 0 Å². The van der Waals surface area contributed by atoms with Crippen LogP contribution in [0.1, 0.15) is 19.4 Å². The van der Waals surface area contributed by atoms with Crippen LogP contribution in [0.3, 0.4) is 0 Å². The third-order valence-corrected chi connectivity index (χ3v) is 3.58. The number of para-hydroxylation sites is 2. The molecule has 1 N–H and O–H groups in total. The van der Waals surface area contributed by atoms with Crippen LogP contribution >= 0.6 is 0 Å². The van der Waals surface area contributed by atoms with Crippen molar-refractivity contribution < 1.29 is 0 Å². The summed E-state index contributed by atoms with van der Waals surface area (Å²) < 4.78 is 2.35. The van der Waals surface area contributed by atoms with Gasteiger partial charge in [0.15, 0.2) is 0 Å². The fraction of sp³-hybridized carbons (Fsp3) is 0.462. The summed E-state index contributed by atoms with van der Waals surface area (Å²) in [6, 6.07) is 8.97. The number of aromatic nitrogens is 2. The average molecular weight is 215 g/mol. The van der Waals surface area contributed by atoms with E-state index in [1.807, 2.05) is 12.4 Å². The largest absolute Gasteiger partial charge is 0.327 e. The summed E-state index contributed by atoms with van der Waals surface area (Å²) in [6.45, 7) is 4.53. The highest BCUT2D eigenvalue weighted by atomic mass is 15.1. The van der Waals surface area contributed by atoms with Crippen LogP contribution in [0.4, 0.5) is 0 Å². The fourth-order valence-electron chi connectivity index (χ4n) is 2.66. The Hall–Kier alpha value is -1.35. The Morgan fingerprint density at radius 3 is 3.12 bits per heavy atom. The van der Waals surface area contributed by atoms with Gasteiger partial charge >= 0.3 is 0 Å². The Kier molecular flexibility index (Phi) is 2.40. The van der Waals surface area contributed by atoms with Crippen LogP contribution in [-0.2, 0) is 0 Å². The van der Waals surface area contributed by atoms with Crippen molar-refractivity contribution in [2.75, 3.05) is 13.1 Å². The molecule has 2 unspecified atom stereocenters. The van der Waals surface area contributed by atoms with Crippen molar-refractivity contribution in [1.29, 1.82) is 0 Å². The smallest absolute Gasteiger partial charge is 0.0961 e. The minimum absolute atomic E-state index is 0.591. The molecule has 1 aromatic carbocycles. The summed E-state index contributed by atoms with van der Waals surface area (Å²) in [5, 5.41) is 3.44. The van der Waals surface area contributed by atoms with Gasteiger partial charge in [-0.05, 0) is 37.6 Å². The molecule has 84 valence electrons. The van der Waals surface area contributed by atoms with Crippen molar-refractivity contribution >= 4 is 11.0 Å². The predicted molar refractivity (Wildman–Crippen MR) is 65.4 cm³/mol. The van der Waals surface area contributed by atoms with E-state index in [9.17, 15) is 0 Å². The van der Waals surface area contributed by atoms with Crippen LogP contribution in [0.15, 0.2) is 30.6 Å². The molecule has 1 fully saturated rings. The van der Waals surface area contributed by atoms with Gasteiger partial charge in [-0.3, -0.25) is 0 Å². The van der Waals surface area contributed by atoms with Crippen molar-refractivity contribution in [2.45, 2.75) is 19.4 Å². The molecular weight excluding hydrogens is 198 g/mol. The van der Waals surface area contributed by atoms with E-state index in [2.05, 4.69) is 40.0 Å². The van der Waals surface area contributed by atoms with Crippen molar-refractivity contribution in [3.05, 3.63) is 30.6 Å². The zero-order valence-electron chi connectivity index (χ0n) is 9.56. The Morgan fingerprint density at radius 1 is 1.38 bits per heavy atom. The van der Waals surface area contributed by atoms with Gasteiger partial charge in [0.25, 0.3) is 0 Å². The lowest BCUT2D eigenvalue weighted by molar-refractivity contribution is 0.278. The van der Waals surface area contributed by atoms with E-state index < -0.39 is 0 Å². The van der Waals surface area contributed by atoms with Crippen LogP contribution in [0.5, 0.6) is 0 Å². The van der Waals surface area contributed by atoms with Crippen LogP contribution in [0, 0.1) is 5.92 Å². The average Bonchev–Trinajstić information content (AvgIpc) is 2.74. The zero-order chi connectivity index (χ0) is 11.0. The van der Waals surface area contributed by atoms with Crippen LogP contribution in [0.25, 0.3) is 11.0 Å². The molecule has 0 spiro atoms. The molecular formula is C13H17N3. The number of benzene rings is 1. The van der Waals surface area contributed by atoms with Gasteiger partial charge < -0.3 is 9.88 Å². The van der Waals surface area contributed by atoms with Gasteiger partial charge in [-0.1, -0.05) is 19.1 Å². The summed E-state index contributed by atoms with van der Waals surface area (Å²) in [6.07, 6.45) is 3.19. The summed E-state index contributed by atoms with van der Waals surface area (Å²) in [5.74, 6) is 0.673. The molecule has 0 bridgehead atoms. The molecule has 3 rings (SSSR count). The molecule has 0 radical (unpaired) electrons. The number of piperidine rings is 1. The number of imidazole rings is 1. The lowest BCUT2D eigenvalue weighted by Gasteiger charge is -2.30. The molecule has 0 aliphatic carbocycles. The third-order valence-electron chi connectivity index (χ3n) is 3.58. The lowest BCUT2D eigenvalue weighted by atomic mass is 9.95. The molecule has 1 aromatic heterocycles. The molecule has 0 saturated carbocycles. The standard InChI is InChI=1S/C13H17N3/c1-10-8-14-7-6-12(10)16-9-15-11-4-2-3-5-13(11)16/h2-5,9-10,12,14H,6-8H2,1H3. The Balaban J connectivity index is 2.04. The first-order chi connectivity index (χ1) is 7.86. The van der Waals surface area contributed by atoms with Gasteiger partial charge in [0, 0.05) is 6.04 Å². The van der Waals surface area contributed by atoms with E-state index in [1.165, 1.54) is 11.9 Å². The predicted octanol–water partition coefficient (Wildman–Crippen LogP) is 2.21. The molecule has 1 saturated heterocycles. The molecule has 1 aliphatic heterocycles. The molecule has 2 heterocycles. The first kappa shape index (κ1) is 9.85. The second-order valence-electron chi connectivity index (χ2n) is 4.68. The van der Waals surface area contributed by atoms with E-state index in [1.54, 1.807) is 0 Å². The fourth-order valence-corrected chi connectivity index (χ4v) is 2.66. The number of nitrogens with one attached hydrogen (secondary N) is 1. The Labute approximate surface area is 95.5 Å². The van der Waals surface area contributed by atoms with Gasteiger partial charge in [0.05, 0.1) is 17.4 Å². The maximum absolute atomic E-state index is 4.47. The lowest BCUT2D eigenvalue weighted by Crippen LogP contribution is -2.36. The van der Waals surface area contributed by atoms with E-state index in [0.29, 0.717) is 12.0 Å². The Bertz CT molecular complexity index is 489. The highest BCUT2D eigenvalue weighted by molar-refractivity contribution is 5.75. The molecule has 0 amide bonds. The molecule has 3 heteroatoms. The minimum atomic E-state index is 0.591. The maximum atomic E-state index is 4.47. The first-order valence-electron chi connectivity index (χ1n) is 5.98. The third kappa shape index (κ3) is 1.52. The summed E-state index contributed by atoms with van der Waals surface area (Å²) >= 11 is 0. The molecule has 2 aromatic rings. The van der Waals surface area contributed by atoms with E-state index in [-0.39, 0.29) is 0 Å². The number of nitrogens with zero attached hydrogens (tertiary/aromatic N) is 2. The first-order valence-corrected chi connectivity index (χ1v) is 5.98. The zero-order valence-corrected chi connectivity index (χ0v) is 9.56. The summed E-state index contributed by atoms with van der Waals surface area (Å²) in [7, 11) is 0. The quantitative estimate of drug-likeness (QED) is 0.790. The van der Waals surface area contributed by atoms with Gasteiger partial charge in [-0.25, -0.2) is 4.98 Å².